The van der Waals surface area contributed by atoms with Crippen LogP contribution in [-0.4, -0.2) is 17.5 Å². The summed E-state index contributed by atoms with van der Waals surface area (Å²) in [5, 5.41) is 9.73. The minimum atomic E-state index is -0.663. The maximum absolute atomic E-state index is 9.73. The zero-order valence-electron chi connectivity index (χ0n) is 11.6. The molecule has 1 N–H and O–H groups in total. The summed E-state index contributed by atoms with van der Waals surface area (Å²) in [4.78, 5) is 0. The molecular formula is C15H28O2. The molecule has 0 spiro atoms. The second-order valence-electron chi connectivity index (χ2n) is 4.23. The van der Waals surface area contributed by atoms with Crippen LogP contribution >= 0.6 is 0 Å². The van der Waals surface area contributed by atoms with E-state index in [1.807, 2.05) is 6.08 Å². The Bertz CT molecular complexity index is 209. The first-order valence-electron chi connectivity index (χ1n) is 6.88. The van der Waals surface area contributed by atoms with Gasteiger partial charge in [0.05, 0.1) is 6.10 Å². The Hall–Kier alpha value is -0.600. The average Bonchev–Trinajstić information content (AvgIpc) is 2.30. The van der Waals surface area contributed by atoms with Crippen molar-refractivity contribution in [2.45, 2.75) is 71.7 Å². The first-order chi connectivity index (χ1) is 8.24. The molecule has 0 radical (unpaired) electrons. The van der Waals surface area contributed by atoms with Crippen molar-refractivity contribution in [3.8, 4) is 0 Å². The molecule has 2 nitrogen and oxygen atoms in total. The van der Waals surface area contributed by atoms with E-state index in [9.17, 15) is 5.11 Å². The van der Waals surface area contributed by atoms with Gasteiger partial charge < -0.3 is 9.84 Å². The van der Waals surface area contributed by atoms with Crippen molar-refractivity contribution in [2.24, 2.45) is 0 Å². The number of hydrogen-bond acceptors (Lipinski definition) is 2. The van der Waals surface area contributed by atoms with Gasteiger partial charge in [-0.3, -0.25) is 0 Å². The molecule has 0 rings (SSSR count). The summed E-state index contributed by atoms with van der Waals surface area (Å²) in [6.07, 6.45) is 13.5. The molecule has 0 amide bonds. The fraction of sp³-hybridized carbons (Fsp3) is 0.733. The Morgan fingerprint density at radius 1 is 0.941 bits per heavy atom. The normalized spacial score (nSPS) is 15.8. The van der Waals surface area contributed by atoms with Crippen molar-refractivity contribution in [3.05, 3.63) is 24.3 Å². The minimum absolute atomic E-state index is 0.146. The predicted molar refractivity (Wildman–Crippen MR) is 73.9 cm³/mol. The van der Waals surface area contributed by atoms with Crippen LogP contribution in [0.2, 0.25) is 0 Å². The van der Waals surface area contributed by atoms with Gasteiger partial charge >= 0.3 is 0 Å². The smallest absolute Gasteiger partial charge is 0.158 e. The Labute approximate surface area is 106 Å². The molecule has 17 heavy (non-hydrogen) atoms. The van der Waals surface area contributed by atoms with Gasteiger partial charge in [0, 0.05) is 6.42 Å². The van der Waals surface area contributed by atoms with Crippen LogP contribution in [0.5, 0.6) is 0 Å². The molecule has 0 bridgehead atoms. The Morgan fingerprint density at radius 2 is 1.53 bits per heavy atom. The molecule has 0 heterocycles. The van der Waals surface area contributed by atoms with Crippen molar-refractivity contribution in [3.63, 3.8) is 0 Å². The zero-order valence-corrected chi connectivity index (χ0v) is 11.6. The largest absolute Gasteiger partial charge is 0.368 e. The molecule has 0 fully saturated rings. The summed E-state index contributed by atoms with van der Waals surface area (Å²) in [5.41, 5.74) is 0. The maximum Gasteiger partial charge on any atom is 0.158 e. The number of aliphatic hydroxyl groups is 1. The lowest BCUT2D eigenvalue weighted by atomic mass is 10.1. The fourth-order valence-electron chi connectivity index (χ4n) is 1.64. The van der Waals surface area contributed by atoms with Crippen LogP contribution in [0.3, 0.4) is 0 Å². The van der Waals surface area contributed by atoms with Crippen molar-refractivity contribution in [2.75, 3.05) is 0 Å². The first-order valence-corrected chi connectivity index (χ1v) is 6.88. The number of aliphatic hydroxyl groups excluding tert-OH is 1. The van der Waals surface area contributed by atoms with E-state index in [4.69, 9.17) is 4.74 Å². The van der Waals surface area contributed by atoms with E-state index in [0.29, 0.717) is 6.42 Å². The van der Waals surface area contributed by atoms with Gasteiger partial charge in [-0.05, 0) is 25.7 Å². The molecule has 2 atom stereocenters. The summed E-state index contributed by atoms with van der Waals surface area (Å²) in [6, 6.07) is 0. The van der Waals surface area contributed by atoms with Crippen LogP contribution in [-0.2, 0) is 4.74 Å². The quantitative estimate of drug-likeness (QED) is 0.458. The number of allylic oxidation sites excluding steroid dienone is 2. The third kappa shape index (κ3) is 10.3. The summed E-state index contributed by atoms with van der Waals surface area (Å²) in [6.45, 7) is 6.35. The highest BCUT2D eigenvalue weighted by Gasteiger charge is 2.11. The minimum Gasteiger partial charge on any atom is -0.368 e. The van der Waals surface area contributed by atoms with Crippen molar-refractivity contribution in [1.29, 1.82) is 0 Å². The average molecular weight is 240 g/mol. The van der Waals surface area contributed by atoms with E-state index in [1.54, 1.807) is 0 Å². The number of hydrogen-bond donors (Lipinski definition) is 1. The van der Waals surface area contributed by atoms with Gasteiger partial charge in [-0.15, -0.1) is 0 Å². The lowest BCUT2D eigenvalue weighted by Gasteiger charge is -2.19. The van der Waals surface area contributed by atoms with E-state index >= 15 is 0 Å². The van der Waals surface area contributed by atoms with Gasteiger partial charge in [0.25, 0.3) is 0 Å². The molecule has 0 aliphatic carbocycles. The molecule has 0 aromatic carbocycles. The first kappa shape index (κ1) is 16.4. The molecular weight excluding hydrogens is 212 g/mol. The molecule has 0 saturated heterocycles. The highest BCUT2D eigenvalue weighted by molar-refractivity contribution is 4.84. The molecule has 100 valence electrons. The van der Waals surface area contributed by atoms with E-state index in [2.05, 4.69) is 39.0 Å². The SMILES string of the molecule is CC/C=C\CC(O)OC(C/C=C\CC)CCC. The summed E-state index contributed by atoms with van der Waals surface area (Å²) in [7, 11) is 0. The Morgan fingerprint density at radius 3 is 2.06 bits per heavy atom. The number of ether oxygens (including phenoxy) is 1. The zero-order chi connectivity index (χ0) is 12.9. The second kappa shape index (κ2) is 11.9. The van der Waals surface area contributed by atoms with Crippen molar-refractivity contribution < 1.29 is 9.84 Å². The predicted octanol–water partition coefficient (Wildman–Crippen LogP) is 4.20. The standard InChI is InChI=1S/C15H28O2/c1-4-7-9-12-14(11-6-3)17-15(16)13-10-8-5-2/h7-10,14-16H,4-6,11-13H2,1-3H3/b9-7-,10-8-. The Kier molecular flexibility index (Phi) is 11.5. The molecule has 0 saturated carbocycles. The second-order valence-corrected chi connectivity index (χ2v) is 4.23. The molecule has 2 unspecified atom stereocenters. The fourth-order valence-corrected chi connectivity index (χ4v) is 1.64. The van der Waals surface area contributed by atoms with Crippen LogP contribution in [0.15, 0.2) is 24.3 Å². The summed E-state index contributed by atoms with van der Waals surface area (Å²) in [5.74, 6) is 0. The van der Waals surface area contributed by atoms with Gasteiger partial charge in [-0.25, -0.2) is 0 Å². The van der Waals surface area contributed by atoms with Crippen LogP contribution in [0.1, 0.15) is 59.3 Å². The van der Waals surface area contributed by atoms with Gasteiger partial charge in [0.2, 0.25) is 0 Å². The van der Waals surface area contributed by atoms with Crippen LogP contribution in [0.25, 0.3) is 0 Å². The van der Waals surface area contributed by atoms with E-state index < -0.39 is 6.29 Å². The third-order valence-corrected chi connectivity index (χ3v) is 2.50. The summed E-state index contributed by atoms with van der Waals surface area (Å²) >= 11 is 0. The molecule has 0 aliphatic heterocycles. The van der Waals surface area contributed by atoms with Gasteiger partial charge in [-0.2, -0.15) is 0 Å². The van der Waals surface area contributed by atoms with E-state index in [1.165, 1.54) is 0 Å². The third-order valence-electron chi connectivity index (χ3n) is 2.50. The molecule has 0 aromatic rings. The molecule has 0 aliphatic rings. The Balaban J connectivity index is 3.95. The maximum atomic E-state index is 9.73. The van der Waals surface area contributed by atoms with E-state index in [-0.39, 0.29) is 6.10 Å². The monoisotopic (exact) mass is 240 g/mol. The summed E-state index contributed by atoms with van der Waals surface area (Å²) < 4.78 is 5.64. The lowest BCUT2D eigenvalue weighted by molar-refractivity contribution is -0.133. The number of rotatable bonds is 10. The van der Waals surface area contributed by atoms with Crippen LogP contribution < -0.4 is 0 Å². The van der Waals surface area contributed by atoms with Gasteiger partial charge in [0.1, 0.15) is 0 Å². The van der Waals surface area contributed by atoms with Gasteiger partial charge in [-0.1, -0.05) is 51.5 Å². The lowest BCUT2D eigenvalue weighted by Crippen LogP contribution is -2.21. The van der Waals surface area contributed by atoms with Crippen molar-refractivity contribution in [1.82, 2.24) is 0 Å². The topological polar surface area (TPSA) is 29.5 Å². The highest BCUT2D eigenvalue weighted by Crippen LogP contribution is 2.12. The van der Waals surface area contributed by atoms with E-state index in [0.717, 1.165) is 32.1 Å². The highest BCUT2D eigenvalue weighted by atomic mass is 16.6. The van der Waals surface area contributed by atoms with Crippen LogP contribution in [0.4, 0.5) is 0 Å². The van der Waals surface area contributed by atoms with Crippen LogP contribution in [0, 0.1) is 0 Å². The molecule has 0 aromatic heterocycles. The molecule has 2 heteroatoms. The van der Waals surface area contributed by atoms with Crippen molar-refractivity contribution >= 4 is 0 Å². The van der Waals surface area contributed by atoms with Gasteiger partial charge in [0.15, 0.2) is 6.29 Å².